The van der Waals surface area contributed by atoms with Crippen molar-refractivity contribution in [3.05, 3.63) is 11.6 Å². The van der Waals surface area contributed by atoms with Crippen LogP contribution in [0.1, 0.15) is 46.5 Å². The lowest BCUT2D eigenvalue weighted by molar-refractivity contribution is -0.146. The second-order valence-corrected chi connectivity index (χ2v) is 9.23. The third kappa shape index (κ3) is 4.48. The summed E-state index contributed by atoms with van der Waals surface area (Å²) in [5.74, 6) is -0.0802. The van der Waals surface area contributed by atoms with Crippen molar-refractivity contribution < 1.29 is 14.4 Å². The number of thiazole rings is 1. The number of hydrogen-bond donors (Lipinski definition) is 1. The normalized spacial score (nSPS) is 21.4. The van der Waals surface area contributed by atoms with Crippen LogP contribution in [0.3, 0.4) is 0 Å². The molecule has 3 amide bonds. The molecule has 7 nitrogen and oxygen atoms in total. The van der Waals surface area contributed by atoms with Crippen molar-refractivity contribution >= 4 is 34.2 Å². The van der Waals surface area contributed by atoms with Gasteiger partial charge in [0, 0.05) is 42.5 Å². The number of aromatic nitrogens is 1. The highest BCUT2D eigenvalue weighted by Crippen LogP contribution is 2.28. The Labute approximate surface area is 164 Å². The molecule has 2 aliphatic rings. The minimum absolute atomic E-state index is 0.0506. The Morgan fingerprint density at radius 2 is 1.85 bits per heavy atom. The third-order valence-electron chi connectivity index (χ3n) is 5.27. The highest BCUT2D eigenvalue weighted by Gasteiger charge is 2.39. The van der Waals surface area contributed by atoms with Gasteiger partial charge in [-0.2, -0.15) is 0 Å². The fraction of sp³-hybridized carbons (Fsp3) is 0.684. The van der Waals surface area contributed by atoms with E-state index in [4.69, 9.17) is 0 Å². The van der Waals surface area contributed by atoms with E-state index in [1.165, 1.54) is 11.3 Å². The van der Waals surface area contributed by atoms with Gasteiger partial charge in [-0.05, 0) is 25.7 Å². The number of nitrogens with one attached hydrogen (secondary N) is 1. The number of nitrogens with zero attached hydrogens (tertiary/aromatic N) is 3. The van der Waals surface area contributed by atoms with Crippen molar-refractivity contribution in [1.82, 2.24) is 14.8 Å². The predicted octanol–water partition coefficient (Wildman–Crippen LogP) is 2.36. The van der Waals surface area contributed by atoms with Gasteiger partial charge >= 0.3 is 0 Å². The molecule has 1 aromatic rings. The van der Waals surface area contributed by atoms with Gasteiger partial charge < -0.3 is 15.1 Å². The van der Waals surface area contributed by atoms with Crippen LogP contribution in [0.2, 0.25) is 0 Å². The average Bonchev–Trinajstić information content (AvgIpc) is 3.31. The van der Waals surface area contributed by atoms with Crippen molar-refractivity contribution in [2.24, 2.45) is 11.3 Å². The molecule has 0 spiro atoms. The summed E-state index contributed by atoms with van der Waals surface area (Å²) >= 11 is 1.37. The lowest BCUT2D eigenvalue weighted by Crippen LogP contribution is -2.50. The molecule has 0 bridgehead atoms. The Hall–Kier alpha value is -1.96. The molecule has 0 aromatic carbocycles. The summed E-state index contributed by atoms with van der Waals surface area (Å²) in [7, 11) is 0. The van der Waals surface area contributed by atoms with Gasteiger partial charge in [-0.15, -0.1) is 11.3 Å². The smallest absolute Gasteiger partial charge is 0.248 e. The van der Waals surface area contributed by atoms with Gasteiger partial charge in [-0.25, -0.2) is 4.98 Å². The van der Waals surface area contributed by atoms with E-state index in [0.717, 1.165) is 6.42 Å². The zero-order chi connectivity index (χ0) is 19.6. The van der Waals surface area contributed by atoms with Crippen LogP contribution in [0.4, 0.5) is 5.13 Å². The standard InChI is InChI=1S/C19H28N4O3S/c1-19(2,3)17(26)22-10-6-13(7-11-22)16(25)23-9-4-5-14(23)15(24)21-18-20-8-12-27-18/h8,12-14H,4-7,9-11H2,1-3H3,(H,20,21,24)/t14-/m0/s1. The maximum absolute atomic E-state index is 13.0. The van der Waals surface area contributed by atoms with Crippen LogP contribution in [-0.4, -0.2) is 58.2 Å². The van der Waals surface area contributed by atoms with Crippen molar-refractivity contribution in [2.45, 2.75) is 52.5 Å². The molecule has 0 aliphatic carbocycles. The molecule has 0 unspecified atom stereocenters. The van der Waals surface area contributed by atoms with Crippen molar-refractivity contribution in [2.75, 3.05) is 25.0 Å². The number of likely N-dealkylation sites (tertiary alicyclic amines) is 2. The average molecular weight is 393 g/mol. The molecule has 2 aliphatic heterocycles. The van der Waals surface area contributed by atoms with E-state index in [0.29, 0.717) is 44.0 Å². The summed E-state index contributed by atoms with van der Waals surface area (Å²) in [6, 6.07) is -0.421. The van der Waals surface area contributed by atoms with Crippen LogP contribution in [0.5, 0.6) is 0 Å². The summed E-state index contributed by atoms with van der Waals surface area (Å²) in [5, 5.41) is 5.18. The van der Waals surface area contributed by atoms with Gasteiger partial charge in [0.1, 0.15) is 6.04 Å². The summed E-state index contributed by atoms with van der Waals surface area (Å²) in [6.07, 6.45) is 4.49. The first-order valence-electron chi connectivity index (χ1n) is 9.57. The molecular weight excluding hydrogens is 364 g/mol. The van der Waals surface area contributed by atoms with Crippen LogP contribution >= 0.6 is 11.3 Å². The van der Waals surface area contributed by atoms with Gasteiger partial charge in [0.15, 0.2) is 5.13 Å². The fourth-order valence-electron chi connectivity index (χ4n) is 3.82. The second kappa shape index (κ2) is 7.96. The van der Waals surface area contributed by atoms with E-state index < -0.39 is 11.5 Å². The lowest BCUT2D eigenvalue weighted by atomic mass is 9.90. The predicted molar refractivity (Wildman–Crippen MR) is 104 cm³/mol. The first-order chi connectivity index (χ1) is 12.8. The summed E-state index contributed by atoms with van der Waals surface area (Å²) in [6.45, 7) is 7.59. The zero-order valence-corrected chi connectivity index (χ0v) is 17.1. The Morgan fingerprint density at radius 3 is 2.44 bits per heavy atom. The molecule has 148 valence electrons. The first-order valence-corrected chi connectivity index (χ1v) is 10.5. The van der Waals surface area contributed by atoms with E-state index in [9.17, 15) is 14.4 Å². The minimum Gasteiger partial charge on any atom is -0.342 e. The number of rotatable bonds is 3. The van der Waals surface area contributed by atoms with Gasteiger partial charge in [-0.1, -0.05) is 20.8 Å². The maximum Gasteiger partial charge on any atom is 0.248 e. The minimum atomic E-state index is -0.421. The van der Waals surface area contributed by atoms with Crippen LogP contribution in [-0.2, 0) is 14.4 Å². The van der Waals surface area contributed by atoms with Crippen LogP contribution < -0.4 is 5.32 Å². The fourth-order valence-corrected chi connectivity index (χ4v) is 4.35. The van der Waals surface area contributed by atoms with Gasteiger partial charge in [-0.3, -0.25) is 14.4 Å². The molecule has 0 radical (unpaired) electrons. The third-order valence-corrected chi connectivity index (χ3v) is 5.96. The molecule has 1 atom stereocenters. The monoisotopic (exact) mass is 392 g/mol. The van der Waals surface area contributed by atoms with Gasteiger partial charge in [0.25, 0.3) is 0 Å². The maximum atomic E-state index is 13.0. The molecule has 3 heterocycles. The molecule has 2 saturated heterocycles. The largest absolute Gasteiger partial charge is 0.342 e. The van der Waals surface area contributed by atoms with Crippen LogP contribution in [0, 0.1) is 11.3 Å². The number of piperidine rings is 1. The second-order valence-electron chi connectivity index (χ2n) is 8.33. The van der Waals surface area contributed by atoms with Crippen molar-refractivity contribution in [1.29, 1.82) is 0 Å². The van der Waals surface area contributed by atoms with Crippen LogP contribution in [0.25, 0.3) is 0 Å². The van der Waals surface area contributed by atoms with Gasteiger partial charge in [0.05, 0.1) is 0 Å². The first kappa shape index (κ1) is 19.8. The summed E-state index contributed by atoms with van der Waals surface area (Å²) in [5.41, 5.74) is -0.398. The van der Waals surface area contributed by atoms with E-state index >= 15 is 0 Å². The number of carbonyl (C=O) groups excluding carboxylic acids is 3. The van der Waals surface area contributed by atoms with Gasteiger partial charge in [0.2, 0.25) is 17.7 Å². The Bertz CT molecular complexity index is 690. The number of hydrogen-bond acceptors (Lipinski definition) is 5. The number of carbonyl (C=O) groups is 3. The Balaban J connectivity index is 1.57. The van der Waals surface area contributed by atoms with E-state index in [2.05, 4.69) is 10.3 Å². The summed E-state index contributed by atoms with van der Waals surface area (Å²) in [4.78, 5) is 45.7. The molecule has 1 N–H and O–H groups in total. The molecule has 8 heteroatoms. The zero-order valence-electron chi connectivity index (χ0n) is 16.2. The quantitative estimate of drug-likeness (QED) is 0.856. The SMILES string of the molecule is CC(C)(C)C(=O)N1CCC(C(=O)N2CCC[C@H]2C(=O)Nc2nccs2)CC1. The lowest BCUT2D eigenvalue weighted by Gasteiger charge is -2.37. The molecule has 3 rings (SSSR count). The molecule has 1 aromatic heterocycles. The Morgan fingerprint density at radius 1 is 1.15 bits per heavy atom. The highest BCUT2D eigenvalue weighted by atomic mass is 32.1. The summed E-state index contributed by atoms with van der Waals surface area (Å²) < 4.78 is 0. The highest BCUT2D eigenvalue weighted by molar-refractivity contribution is 7.13. The Kier molecular flexibility index (Phi) is 5.83. The van der Waals surface area contributed by atoms with E-state index in [1.54, 1.807) is 16.5 Å². The topological polar surface area (TPSA) is 82.6 Å². The molecule has 2 fully saturated rings. The van der Waals surface area contributed by atoms with E-state index in [-0.39, 0.29) is 23.6 Å². The molecule has 27 heavy (non-hydrogen) atoms. The number of amides is 3. The molecular formula is C19H28N4O3S. The molecule has 0 saturated carbocycles. The number of anilines is 1. The van der Waals surface area contributed by atoms with Crippen molar-refractivity contribution in [3.63, 3.8) is 0 Å². The van der Waals surface area contributed by atoms with E-state index in [1.807, 2.05) is 25.7 Å². The van der Waals surface area contributed by atoms with Crippen LogP contribution in [0.15, 0.2) is 11.6 Å². The van der Waals surface area contributed by atoms with Crippen molar-refractivity contribution in [3.8, 4) is 0 Å².